The summed E-state index contributed by atoms with van der Waals surface area (Å²) in [7, 11) is 0. The zero-order chi connectivity index (χ0) is 14.7. The number of aryl methyl sites for hydroxylation is 1. The molecule has 0 saturated heterocycles. The summed E-state index contributed by atoms with van der Waals surface area (Å²) in [6.45, 7) is 6.19. The van der Waals surface area contributed by atoms with Crippen LogP contribution in [0.15, 0.2) is 30.5 Å². The molecule has 0 aliphatic carbocycles. The largest absolute Gasteiger partial charge is 0.437 e. The molecule has 0 spiro atoms. The van der Waals surface area contributed by atoms with Crippen LogP contribution in [0.1, 0.15) is 36.5 Å². The van der Waals surface area contributed by atoms with Crippen LogP contribution in [0.25, 0.3) is 0 Å². The van der Waals surface area contributed by atoms with E-state index < -0.39 is 0 Å². The predicted octanol–water partition coefficient (Wildman–Crippen LogP) is 3.76. The van der Waals surface area contributed by atoms with Crippen molar-refractivity contribution in [3.05, 3.63) is 47.2 Å². The highest BCUT2D eigenvalue weighted by Crippen LogP contribution is 2.32. The normalized spacial score (nSPS) is 10.3. The average molecular weight is 267 g/mol. The van der Waals surface area contributed by atoms with Gasteiger partial charge in [-0.1, -0.05) is 26.0 Å². The highest BCUT2D eigenvalue weighted by molar-refractivity contribution is 5.50. The van der Waals surface area contributed by atoms with Crippen LogP contribution in [0.3, 0.4) is 0 Å². The van der Waals surface area contributed by atoms with Crippen molar-refractivity contribution in [3.8, 4) is 17.7 Å². The van der Waals surface area contributed by atoms with Gasteiger partial charge in [0.2, 0.25) is 5.88 Å². The molecule has 0 aliphatic rings. The lowest BCUT2D eigenvalue weighted by Gasteiger charge is -2.14. The number of nitriles is 1. The van der Waals surface area contributed by atoms with Gasteiger partial charge in [0, 0.05) is 0 Å². The fourth-order valence-electron chi connectivity index (χ4n) is 1.94. The monoisotopic (exact) mass is 267 g/mol. The van der Waals surface area contributed by atoms with Gasteiger partial charge in [-0.2, -0.15) is 5.26 Å². The lowest BCUT2D eigenvalue weighted by molar-refractivity contribution is 0.452. The molecule has 0 aliphatic heterocycles. The third-order valence-electron chi connectivity index (χ3n) is 2.99. The number of benzene rings is 1. The molecule has 0 atom stereocenters. The van der Waals surface area contributed by atoms with Crippen molar-refractivity contribution in [2.75, 3.05) is 5.73 Å². The van der Waals surface area contributed by atoms with Crippen LogP contribution in [-0.2, 0) is 0 Å². The van der Waals surface area contributed by atoms with E-state index in [0.717, 1.165) is 16.9 Å². The Hall–Kier alpha value is -2.54. The third kappa shape index (κ3) is 2.89. The maximum Gasteiger partial charge on any atom is 0.237 e. The lowest BCUT2D eigenvalue weighted by atomic mass is 10.0. The highest BCUT2D eigenvalue weighted by atomic mass is 16.5. The van der Waals surface area contributed by atoms with Gasteiger partial charge in [0.1, 0.15) is 17.4 Å². The number of rotatable bonds is 3. The first-order valence-electron chi connectivity index (χ1n) is 6.45. The van der Waals surface area contributed by atoms with Crippen molar-refractivity contribution in [3.63, 3.8) is 0 Å². The Balaban J connectivity index is 2.45. The molecule has 1 aromatic carbocycles. The van der Waals surface area contributed by atoms with Gasteiger partial charge in [-0.25, -0.2) is 4.98 Å². The molecule has 0 amide bonds. The number of nitrogens with zero attached hydrogens (tertiary/aromatic N) is 2. The number of pyridine rings is 1. The lowest BCUT2D eigenvalue weighted by Crippen LogP contribution is -1.99. The Morgan fingerprint density at radius 2 is 2.05 bits per heavy atom. The molecule has 2 N–H and O–H groups in total. The van der Waals surface area contributed by atoms with Crippen molar-refractivity contribution < 1.29 is 4.74 Å². The van der Waals surface area contributed by atoms with Crippen molar-refractivity contribution in [2.45, 2.75) is 26.7 Å². The Kier molecular flexibility index (Phi) is 3.90. The number of hydrogen-bond acceptors (Lipinski definition) is 4. The highest BCUT2D eigenvalue weighted by Gasteiger charge is 2.12. The predicted molar refractivity (Wildman–Crippen MR) is 78.7 cm³/mol. The molecule has 4 nitrogen and oxygen atoms in total. The second-order valence-electron chi connectivity index (χ2n) is 5.03. The molecule has 20 heavy (non-hydrogen) atoms. The fraction of sp³-hybridized carbons (Fsp3) is 0.250. The van der Waals surface area contributed by atoms with E-state index in [1.54, 1.807) is 6.07 Å². The molecular formula is C16H17N3O. The SMILES string of the molecule is Cc1ccc(C(C)C)c(Oc2ncc(N)cc2C#N)c1. The van der Waals surface area contributed by atoms with Crippen LogP contribution in [0.2, 0.25) is 0 Å². The Bertz CT molecular complexity index is 672. The fourth-order valence-corrected chi connectivity index (χ4v) is 1.94. The van der Waals surface area contributed by atoms with Crippen molar-refractivity contribution >= 4 is 5.69 Å². The summed E-state index contributed by atoms with van der Waals surface area (Å²) in [6.07, 6.45) is 1.49. The zero-order valence-electron chi connectivity index (χ0n) is 11.8. The quantitative estimate of drug-likeness (QED) is 0.919. The molecule has 4 heteroatoms. The molecule has 0 unspecified atom stereocenters. The van der Waals surface area contributed by atoms with Gasteiger partial charge in [-0.15, -0.1) is 0 Å². The van der Waals surface area contributed by atoms with E-state index in [4.69, 9.17) is 15.7 Å². The van der Waals surface area contributed by atoms with E-state index in [-0.39, 0.29) is 5.88 Å². The number of anilines is 1. The van der Waals surface area contributed by atoms with E-state index in [0.29, 0.717) is 17.2 Å². The first-order valence-corrected chi connectivity index (χ1v) is 6.45. The molecule has 0 fully saturated rings. The van der Waals surface area contributed by atoms with E-state index in [1.807, 2.05) is 25.1 Å². The molecular weight excluding hydrogens is 250 g/mol. The minimum atomic E-state index is 0.286. The third-order valence-corrected chi connectivity index (χ3v) is 2.99. The second-order valence-corrected chi connectivity index (χ2v) is 5.03. The molecule has 0 saturated carbocycles. The standard InChI is InChI=1S/C16H17N3O/c1-10(2)14-5-4-11(3)6-15(14)20-16-12(8-17)7-13(18)9-19-16/h4-7,9-10H,18H2,1-3H3. The molecule has 0 radical (unpaired) electrons. The number of nitrogen functional groups attached to an aromatic ring is 1. The minimum Gasteiger partial charge on any atom is -0.437 e. The van der Waals surface area contributed by atoms with E-state index >= 15 is 0 Å². The summed E-state index contributed by atoms with van der Waals surface area (Å²) < 4.78 is 5.84. The number of ether oxygens (including phenoxy) is 1. The van der Waals surface area contributed by atoms with Crippen molar-refractivity contribution in [1.82, 2.24) is 4.98 Å². The Labute approximate surface area is 118 Å². The molecule has 2 aromatic rings. The summed E-state index contributed by atoms with van der Waals surface area (Å²) in [4.78, 5) is 4.10. The van der Waals surface area contributed by atoms with Gasteiger partial charge in [0.15, 0.2) is 0 Å². The summed E-state index contributed by atoms with van der Waals surface area (Å²) in [5, 5.41) is 9.13. The Morgan fingerprint density at radius 3 is 2.70 bits per heavy atom. The molecule has 0 bridgehead atoms. The molecule has 1 heterocycles. The van der Waals surface area contributed by atoms with Crippen LogP contribution in [0.5, 0.6) is 11.6 Å². The van der Waals surface area contributed by atoms with Crippen LogP contribution in [0, 0.1) is 18.3 Å². The zero-order valence-corrected chi connectivity index (χ0v) is 11.8. The molecule has 2 rings (SSSR count). The first-order chi connectivity index (χ1) is 9.51. The summed E-state index contributed by atoms with van der Waals surface area (Å²) in [5.74, 6) is 1.34. The van der Waals surface area contributed by atoms with Crippen molar-refractivity contribution in [2.24, 2.45) is 0 Å². The summed E-state index contributed by atoms with van der Waals surface area (Å²) in [6, 6.07) is 9.65. The van der Waals surface area contributed by atoms with Crippen LogP contribution < -0.4 is 10.5 Å². The maximum absolute atomic E-state index is 9.13. The number of nitrogens with two attached hydrogens (primary N) is 1. The van der Waals surface area contributed by atoms with Crippen molar-refractivity contribution in [1.29, 1.82) is 5.26 Å². The molecule has 1 aromatic heterocycles. The van der Waals surface area contributed by atoms with E-state index in [2.05, 4.69) is 24.9 Å². The maximum atomic E-state index is 9.13. The average Bonchev–Trinajstić information content (AvgIpc) is 2.40. The van der Waals surface area contributed by atoms with Gasteiger partial charge in [-0.05, 0) is 36.1 Å². The summed E-state index contributed by atoms with van der Waals surface area (Å²) >= 11 is 0. The van der Waals surface area contributed by atoms with Gasteiger partial charge in [0.05, 0.1) is 11.9 Å². The smallest absolute Gasteiger partial charge is 0.237 e. The second kappa shape index (κ2) is 5.62. The van der Waals surface area contributed by atoms with Gasteiger partial charge in [0.25, 0.3) is 0 Å². The van der Waals surface area contributed by atoms with Gasteiger partial charge in [-0.3, -0.25) is 0 Å². The van der Waals surface area contributed by atoms with Gasteiger partial charge >= 0.3 is 0 Å². The van der Waals surface area contributed by atoms with Crippen LogP contribution in [0.4, 0.5) is 5.69 Å². The molecule has 102 valence electrons. The van der Waals surface area contributed by atoms with Crippen LogP contribution >= 0.6 is 0 Å². The minimum absolute atomic E-state index is 0.286. The summed E-state index contributed by atoms with van der Waals surface area (Å²) in [5.41, 5.74) is 8.59. The van der Waals surface area contributed by atoms with Gasteiger partial charge < -0.3 is 10.5 Å². The van der Waals surface area contributed by atoms with E-state index in [1.165, 1.54) is 6.20 Å². The van der Waals surface area contributed by atoms with Crippen LogP contribution in [-0.4, -0.2) is 4.98 Å². The topological polar surface area (TPSA) is 71.9 Å². The number of hydrogen-bond donors (Lipinski definition) is 1. The first kappa shape index (κ1) is 13.9. The Morgan fingerprint density at radius 1 is 1.30 bits per heavy atom. The number of aromatic nitrogens is 1. The van der Waals surface area contributed by atoms with E-state index in [9.17, 15) is 0 Å².